The molecule has 66 valence electrons. The van der Waals surface area contributed by atoms with Crippen molar-refractivity contribution in [2.45, 2.75) is 6.92 Å². The van der Waals surface area contributed by atoms with Crippen molar-refractivity contribution in [2.75, 3.05) is 0 Å². The van der Waals surface area contributed by atoms with E-state index in [9.17, 15) is 0 Å². The van der Waals surface area contributed by atoms with Crippen molar-refractivity contribution in [1.29, 1.82) is 0 Å². The van der Waals surface area contributed by atoms with Crippen molar-refractivity contribution >= 4 is 16.7 Å². The summed E-state index contributed by atoms with van der Waals surface area (Å²) in [5, 5.41) is 5.15. The molecule has 13 heavy (non-hydrogen) atoms. The highest BCUT2D eigenvalue weighted by Gasteiger charge is 2.04. The minimum Gasteiger partial charge on any atom is -0.366 e. The molecule has 0 spiro atoms. The van der Waals surface area contributed by atoms with E-state index in [1.54, 1.807) is 11.8 Å². The summed E-state index contributed by atoms with van der Waals surface area (Å²) < 4.78 is 0. The van der Waals surface area contributed by atoms with Gasteiger partial charge in [-0.25, -0.2) is 0 Å². The van der Waals surface area contributed by atoms with E-state index in [1.807, 2.05) is 12.4 Å². The Morgan fingerprint density at radius 3 is 2.77 bits per heavy atom. The molecule has 1 aromatic carbocycles. The van der Waals surface area contributed by atoms with Crippen LogP contribution in [0.15, 0.2) is 42.1 Å². The third kappa shape index (κ3) is 1.78. The molecule has 2 rings (SSSR count). The first-order valence-electron chi connectivity index (χ1n) is 4.22. The molecule has 0 unspecified atom stereocenters. The summed E-state index contributed by atoms with van der Waals surface area (Å²) in [6.07, 6.45) is 3.97. The van der Waals surface area contributed by atoms with Crippen LogP contribution in [0.4, 0.5) is 0 Å². The minimum atomic E-state index is 1.28. The molecule has 0 bridgehead atoms. The summed E-state index contributed by atoms with van der Waals surface area (Å²) in [4.78, 5) is 1.28. The summed E-state index contributed by atoms with van der Waals surface area (Å²) in [6.45, 7) is 2.13. The van der Waals surface area contributed by atoms with Crippen LogP contribution in [0.25, 0.3) is 4.91 Å². The second kappa shape index (κ2) is 3.71. The first-order chi connectivity index (χ1) is 6.38. The Kier molecular flexibility index (Phi) is 2.41. The average Bonchev–Trinajstić information content (AvgIpc) is 2.20. The number of hydrogen-bond donors (Lipinski definition) is 1. The zero-order valence-corrected chi connectivity index (χ0v) is 8.27. The molecule has 1 aliphatic rings. The van der Waals surface area contributed by atoms with E-state index in [1.165, 1.54) is 16.0 Å². The van der Waals surface area contributed by atoms with Gasteiger partial charge in [-0.2, -0.15) is 0 Å². The number of thioether (sulfide) groups is 1. The number of aryl methyl sites for hydroxylation is 1. The summed E-state index contributed by atoms with van der Waals surface area (Å²) in [7, 11) is 0. The van der Waals surface area contributed by atoms with Gasteiger partial charge < -0.3 is 5.32 Å². The van der Waals surface area contributed by atoms with Gasteiger partial charge in [-0.05, 0) is 23.5 Å². The molecule has 0 radical (unpaired) electrons. The minimum absolute atomic E-state index is 1.28. The predicted octanol–water partition coefficient (Wildman–Crippen LogP) is 3.10. The Bertz CT molecular complexity index is 366. The lowest BCUT2D eigenvalue weighted by Gasteiger charge is -2.10. The molecule has 0 atom stereocenters. The topological polar surface area (TPSA) is 12.0 Å². The molecule has 0 aliphatic carbocycles. The van der Waals surface area contributed by atoms with Crippen LogP contribution < -0.4 is 5.32 Å². The van der Waals surface area contributed by atoms with Crippen molar-refractivity contribution in [3.8, 4) is 0 Å². The molecule has 1 heterocycles. The second-order valence-electron chi connectivity index (χ2n) is 2.91. The quantitative estimate of drug-likeness (QED) is 0.728. The summed E-state index contributed by atoms with van der Waals surface area (Å²) in [5.74, 6) is 0. The summed E-state index contributed by atoms with van der Waals surface area (Å²) >= 11 is 1.75. The molecule has 1 nitrogen and oxygen atoms in total. The summed E-state index contributed by atoms with van der Waals surface area (Å²) in [5.41, 5.74) is 2.63. The molecule has 0 saturated carbocycles. The van der Waals surface area contributed by atoms with Gasteiger partial charge in [0.05, 0.1) is 0 Å². The van der Waals surface area contributed by atoms with Gasteiger partial charge in [-0.3, -0.25) is 0 Å². The van der Waals surface area contributed by atoms with Crippen molar-refractivity contribution in [3.63, 3.8) is 0 Å². The first kappa shape index (κ1) is 8.45. The van der Waals surface area contributed by atoms with E-state index in [0.29, 0.717) is 0 Å². The standard InChI is InChI=1S/C11H11NS/c1-9-4-2-3-5-10(9)11-8-12-6-7-13-11/h2-8,12H,1H3. The largest absolute Gasteiger partial charge is 0.366 e. The molecule has 2 heteroatoms. The molecular formula is C11H11NS. The molecule has 0 fully saturated rings. The fraction of sp³-hybridized carbons (Fsp3) is 0.0909. The number of nitrogens with one attached hydrogen (secondary N) is 1. The number of rotatable bonds is 1. The Balaban J connectivity index is 2.35. The highest BCUT2D eigenvalue weighted by Crippen LogP contribution is 2.31. The molecule has 1 aromatic rings. The van der Waals surface area contributed by atoms with Crippen molar-refractivity contribution in [2.24, 2.45) is 0 Å². The van der Waals surface area contributed by atoms with Gasteiger partial charge in [0.15, 0.2) is 0 Å². The van der Waals surface area contributed by atoms with Gasteiger partial charge in [-0.1, -0.05) is 36.0 Å². The van der Waals surface area contributed by atoms with Crippen LogP contribution in [-0.2, 0) is 0 Å². The Morgan fingerprint density at radius 1 is 1.23 bits per heavy atom. The normalized spacial score (nSPS) is 15.0. The van der Waals surface area contributed by atoms with Gasteiger partial charge >= 0.3 is 0 Å². The van der Waals surface area contributed by atoms with E-state index in [2.05, 4.69) is 41.9 Å². The lowest BCUT2D eigenvalue weighted by molar-refractivity contribution is 1.20. The van der Waals surface area contributed by atoms with Gasteiger partial charge in [0.1, 0.15) is 0 Å². The Morgan fingerprint density at radius 2 is 2.08 bits per heavy atom. The van der Waals surface area contributed by atoms with Gasteiger partial charge in [-0.15, -0.1) is 0 Å². The van der Waals surface area contributed by atoms with E-state index in [-0.39, 0.29) is 0 Å². The zero-order chi connectivity index (χ0) is 9.10. The Labute approximate surface area is 82.5 Å². The van der Waals surface area contributed by atoms with E-state index >= 15 is 0 Å². The fourth-order valence-electron chi connectivity index (χ4n) is 1.30. The van der Waals surface area contributed by atoms with Crippen LogP contribution in [-0.4, -0.2) is 0 Å². The van der Waals surface area contributed by atoms with E-state index in [0.717, 1.165) is 0 Å². The lowest BCUT2D eigenvalue weighted by Crippen LogP contribution is -1.98. The van der Waals surface area contributed by atoms with Crippen LogP contribution in [0.1, 0.15) is 11.1 Å². The van der Waals surface area contributed by atoms with Crippen molar-refractivity contribution in [3.05, 3.63) is 53.2 Å². The van der Waals surface area contributed by atoms with Gasteiger partial charge in [0.25, 0.3) is 0 Å². The third-order valence-electron chi connectivity index (χ3n) is 1.98. The van der Waals surface area contributed by atoms with Crippen LogP contribution in [0.3, 0.4) is 0 Å². The van der Waals surface area contributed by atoms with Crippen LogP contribution in [0.2, 0.25) is 0 Å². The highest BCUT2D eigenvalue weighted by molar-refractivity contribution is 8.11. The fourth-order valence-corrected chi connectivity index (χ4v) is 2.08. The highest BCUT2D eigenvalue weighted by atomic mass is 32.2. The average molecular weight is 189 g/mol. The number of benzene rings is 1. The molecule has 0 amide bonds. The lowest BCUT2D eigenvalue weighted by atomic mass is 10.1. The second-order valence-corrected chi connectivity index (χ2v) is 3.86. The van der Waals surface area contributed by atoms with Gasteiger partial charge in [0.2, 0.25) is 0 Å². The third-order valence-corrected chi connectivity index (χ3v) is 2.85. The molecule has 0 aromatic heterocycles. The van der Waals surface area contributed by atoms with Crippen LogP contribution in [0.5, 0.6) is 0 Å². The number of hydrogen-bond acceptors (Lipinski definition) is 2. The SMILES string of the molecule is Cc1ccccc1C1=CNC=CS1. The monoisotopic (exact) mass is 189 g/mol. The van der Waals surface area contributed by atoms with Gasteiger partial charge in [0, 0.05) is 17.3 Å². The predicted molar refractivity (Wildman–Crippen MR) is 59.0 cm³/mol. The maximum Gasteiger partial charge on any atom is 0.0352 e. The van der Waals surface area contributed by atoms with E-state index < -0.39 is 0 Å². The van der Waals surface area contributed by atoms with Crippen LogP contribution in [0, 0.1) is 6.92 Å². The molecular weight excluding hydrogens is 178 g/mol. The zero-order valence-electron chi connectivity index (χ0n) is 7.45. The first-order valence-corrected chi connectivity index (χ1v) is 5.10. The maximum absolute atomic E-state index is 3.10. The Hall–Kier alpha value is -1.15. The maximum atomic E-state index is 3.10. The smallest absolute Gasteiger partial charge is 0.0352 e. The van der Waals surface area contributed by atoms with Crippen molar-refractivity contribution < 1.29 is 0 Å². The molecule has 1 N–H and O–H groups in total. The summed E-state index contributed by atoms with van der Waals surface area (Å²) in [6, 6.07) is 8.42. The molecule has 0 saturated heterocycles. The van der Waals surface area contributed by atoms with Crippen molar-refractivity contribution in [1.82, 2.24) is 5.32 Å². The molecule has 1 aliphatic heterocycles. The van der Waals surface area contributed by atoms with Crippen LogP contribution >= 0.6 is 11.8 Å². The van der Waals surface area contributed by atoms with E-state index in [4.69, 9.17) is 0 Å².